The van der Waals surface area contributed by atoms with Gasteiger partial charge in [0.05, 0.1) is 23.0 Å². The Balaban J connectivity index is 0.00000147. The van der Waals surface area contributed by atoms with Crippen LogP contribution in [0.3, 0.4) is 0 Å². The van der Waals surface area contributed by atoms with Gasteiger partial charge in [-0.2, -0.15) is 14.0 Å². The van der Waals surface area contributed by atoms with Gasteiger partial charge in [-0.1, -0.05) is 6.92 Å². The van der Waals surface area contributed by atoms with E-state index < -0.39 is 0 Å². The average Bonchev–Trinajstić information content (AvgIpc) is 2.85. The van der Waals surface area contributed by atoms with E-state index in [0.29, 0.717) is 17.0 Å². The molecule has 3 rings (SSSR count). The zero-order valence-corrected chi connectivity index (χ0v) is 12.7. The highest BCUT2D eigenvalue weighted by atomic mass is 35.5. The molecule has 1 aliphatic heterocycles. The summed E-state index contributed by atoms with van der Waals surface area (Å²) in [7, 11) is 0. The molecule has 5 nitrogen and oxygen atoms in total. The Morgan fingerprint density at radius 2 is 2.10 bits per heavy atom. The van der Waals surface area contributed by atoms with Gasteiger partial charge in [0.2, 0.25) is 0 Å². The topological polar surface area (TPSA) is 78.8 Å². The Hall–Kier alpha value is -1.42. The maximum atomic E-state index is 9.09. The Bertz CT molecular complexity index is 640. The molecule has 2 heterocycles. The van der Waals surface area contributed by atoms with Crippen molar-refractivity contribution >= 4 is 40.9 Å². The van der Waals surface area contributed by atoms with Crippen LogP contribution >= 0.6 is 24.1 Å². The summed E-state index contributed by atoms with van der Waals surface area (Å²) in [5.41, 5.74) is 9.26. The van der Waals surface area contributed by atoms with Gasteiger partial charge in [0.1, 0.15) is 17.1 Å². The molecule has 0 aliphatic carbocycles. The Morgan fingerprint density at radius 1 is 1.35 bits per heavy atom. The lowest BCUT2D eigenvalue weighted by molar-refractivity contribution is 0.402. The molecule has 20 heavy (non-hydrogen) atoms. The van der Waals surface area contributed by atoms with Crippen molar-refractivity contribution in [3.05, 3.63) is 17.7 Å². The van der Waals surface area contributed by atoms with Crippen LogP contribution in [0.15, 0.2) is 12.1 Å². The van der Waals surface area contributed by atoms with Crippen molar-refractivity contribution in [2.75, 3.05) is 18.0 Å². The predicted octanol–water partition coefficient (Wildman–Crippen LogP) is 2.16. The van der Waals surface area contributed by atoms with Crippen molar-refractivity contribution in [2.45, 2.75) is 19.4 Å². The van der Waals surface area contributed by atoms with Crippen molar-refractivity contribution in [1.82, 2.24) is 8.75 Å². The second-order valence-corrected chi connectivity index (χ2v) is 5.74. The highest BCUT2D eigenvalue weighted by Crippen LogP contribution is 2.30. The number of anilines is 1. The van der Waals surface area contributed by atoms with Crippen LogP contribution in [0, 0.1) is 17.2 Å². The van der Waals surface area contributed by atoms with Crippen molar-refractivity contribution < 1.29 is 0 Å². The van der Waals surface area contributed by atoms with Gasteiger partial charge in [0.25, 0.3) is 0 Å². The lowest BCUT2D eigenvalue weighted by Gasteiger charge is -2.36. The fourth-order valence-corrected chi connectivity index (χ4v) is 3.36. The molecule has 1 aromatic heterocycles. The SMILES string of the molecule is C[C@H]1C[C@@H](N)CN(c2ccc(C#N)c3nsnc23)C1.Cl. The Labute approximate surface area is 128 Å². The molecular formula is C13H16ClN5S. The van der Waals surface area contributed by atoms with Gasteiger partial charge in [0, 0.05) is 19.1 Å². The zero-order chi connectivity index (χ0) is 13.4. The number of fused-ring (bicyclic) bond motifs is 1. The number of halogens is 1. The molecule has 1 aliphatic rings. The monoisotopic (exact) mass is 309 g/mol. The van der Waals surface area contributed by atoms with Crippen LogP contribution in [0.25, 0.3) is 11.0 Å². The summed E-state index contributed by atoms with van der Waals surface area (Å²) < 4.78 is 8.58. The number of benzene rings is 1. The van der Waals surface area contributed by atoms with Gasteiger partial charge >= 0.3 is 0 Å². The summed E-state index contributed by atoms with van der Waals surface area (Å²) in [6.07, 6.45) is 1.06. The molecular weight excluding hydrogens is 294 g/mol. The van der Waals surface area contributed by atoms with Gasteiger partial charge in [-0.05, 0) is 24.5 Å². The summed E-state index contributed by atoms with van der Waals surface area (Å²) in [6.45, 7) is 4.03. The summed E-state index contributed by atoms with van der Waals surface area (Å²) in [4.78, 5) is 2.27. The Kier molecular flexibility index (Phi) is 4.43. The largest absolute Gasteiger partial charge is 0.368 e. The molecule has 2 N–H and O–H groups in total. The molecule has 106 valence electrons. The second-order valence-electron chi connectivity index (χ2n) is 5.21. The third kappa shape index (κ3) is 2.57. The van der Waals surface area contributed by atoms with Gasteiger partial charge in [-0.3, -0.25) is 0 Å². The molecule has 2 atom stereocenters. The number of piperidine rings is 1. The number of hydrogen-bond donors (Lipinski definition) is 1. The van der Waals surface area contributed by atoms with Crippen molar-refractivity contribution in [3.8, 4) is 6.07 Å². The van der Waals surface area contributed by atoms with Crippen LogP contribution in [0.5, 0.6) is 0 Å². The number of hydrogen-bond acceptors (Lipinski definition) is 6. The molecule has 0 radical (unpaired) electrons. The van der Waals surface area contributed by atoms with Crippen molar-refractivity contribution in [3.63, 3.8) is 0 Å². The van der Waals surface area contributed by atoms with Crippen LogP contribution in [-0.4, -0.2) is 27.9 Å². The normalized spacial score (nSPS) is 22.4. The first kappa shape index (κ1) is 15.0. The lowest BCUT2D eigenvalue weighted by atomic mass is 9.96. The maximum Gasteiger partial charge on any atom is 0.129 e. The Morgan fingerprint density at radius 3 is 2.80 bits per heavy atom. The van der Waals surface area contributed by atoms with Gasteiger partial charge < -0.3 is 10.6 Å². The van der Waals surface area contributed by atoms with Crippen LogP contribution in [0.2, 0.25) is 0 Å². The fourth-order valence-electron chi connectivity index (χ4n) is 2.80. The van der Waals surface area contributed by atoms with E-state index in [-0.39, 0.29) is 18.4 Å². The molecule has 0 bridgehead atoms. The molecule has 0 amide bonds. The highest BCUT2D eigenvalue weighted by Gasteiger charge is 2.24. The molecule has 1 fully saturated rings. The van der Waals surface area contributed by atoms with Crippen molar-refractivity contribution in [1.29, 1.82) is 5.26 Å². The minimum atomic E-state index is 0. The van der Waals surface area contributed by atoms with Crippen LogP contribution in [-0.2, 0) is 0 Å². The zero-order valence-electron chi connectivity index (χ0n) is 11.1. The minimum Gasteiger partial charge on any atom is -0.368 e. The molecule has 2 aromatic rings. The quantitative estimate of drug-likeness (QED) is 0.873. The van der Waals surface area contributed by atoms with E-state index in [1.807, 2.05) is 12.1 Å². The van der Waals surface area contributed by atoms with Crippen molar-refractivity contribution in [2.24, 2.45) is 11.7 Å². The van der Waals surface area contributed by atoms with E-state index in [0.717, 1.165) is 42.4 Å². The first-order valence-electron chi connectivity index (χ1n) is 6.35. The highest BCUT2D eigenvalue weighted by molar-refractivity contribution is 7.00. The first-order valence-corrected chi connectivity index (χ1v) is 7.08. The summed E-state index contributed by atoms with van der Waals surface area (Å²) in [5, 5.41) is 9.09. The maximum absolute atomic E-state index is 9.09. The summed E-state index contributed by atoms with van der Waals surface area (Å²) in [6, 6.07) is 6.15. The molecule has 0 spiro atoms. The fraction of sp³-hybridized carbons (Fsp3) is 0.462. The van der Waals surface area contributed by atoms with Gasteiger partial charge in [-0.15, -0.1) is 12.4 Å². The number of nitrogens with two attached hydrogens (primary N) is 1. The van der Waals surface area contributed by atoms with E-state index in [1.165, 1.54) is 0 Å². The van der Waals surface area contributed by atoms with Gasteiger partial charge in [0.15, 0.2) is 0 Å². The first-order chi connectivity index (χ1) is 9.19. The number of nitrogens with zero attached hydrogens (tertiary/aromatic N) is 4. The van der Waals surface area contributed by atoms with Crippen LogP contribution in [0.1, 0.15) is 18.9 Å². The molecule has 1 saturated heterocycles. The van der Waals surface area contributed by atoms with E-state index in [9.17, 15) is 0 Å². The number of rotatable bonds is 1. The van der Waals surface area contributed by atoms with E-state index >= 15 is 0 Å². The lowest BCUT2D eigenvalue weighted by Crippen LogP contribution is -2.46. The predicted molar refractivity (Wildman–Crippen MR) is 83.3 cm³/mol. The van der Waals surface area contributed by atoms with Crippen LogP contribution in [0.4, 0.5) is 5.69 Å². The minimum absolute atomic E-state index is 0. The third-order valence-electron chi connectivity index (χ3n) is 3.55. The van der Waals surface area contributed by atoms with E-state index in [4.69, 9.17) is 11.0 Å². The summed E-state index contributed by atoms with van der Waals surface area (Å²) in [5.74, 6) is 0.570. The molecule has 0 unspecified atom stereocenters. The van der Waals surface area contributed by atoms with Gasteiger partial charge in [-0.25, -0.2) is 0 Å². The summed E-state index contributed by atoms with van der Waals surface area (Å²) >= 11 is 1.15. The standard InChI is InChI=1S/C13H15N5S.ClH/c1-8-4-10(15)7-18(6-8)11-3-2-9(5-14)12-13(11)17-19-16-12;/h2-3,8,10H,4,6-7,15H2,1H3;1H/t8-,10+;/m0./s1. The number of nitriles is 1. The third-order valence-corrected chi connectivity index (χ3v) is 4.08. The average molecular weight is 310 g/mol. The van der Waals surface area contributed by atoms with E-state index in [2.05, 4.69) is 26.6 Å². The number of aromatic nitrogens is 2. The van der Waals surface area contributed by atoms with E-state index in [1.54, 1.807) is 0 Å². The molecule has 1 aromatic carbocycles. The molecule has 0 saturated carbocycles. The second kappa shape index (κ2) is 5.92. The van der Waals surface area contributed by atoms with Crippen LogP contribution < -0.4 is 10.6 Å². The molecule has 7 heteroatoms. The smallest absolute Gasteiger partial charge is 0.129 e.